The summed E-state index contributed by atoms with van der Waals surface area (Å²) in [6, 6.07) is 0. The second kappa shape index (κ2) is 3.87. The van der Waals surface area contributed by atoms with Crippen LogP contribution in [0.4, 0.5) is 5.82 Å². The largest absolute Gasteiger partial charge is 0.280 e. The molecule has 0 bridgehead atoms. The Morgan fingerprint density at radius 2 is 2.42 bits per heavy atom. The molecule has 1 aromatic heterocycles. The van der Waals surface area contributed by atoms with Crippen molar-refractivity contribution < 1.29 is 4.79 Å². The molecule has 0 fully saturated rings. The molecule has 12 heavy (non-hydrogen) atoms. The molecule has 64 valence electrons. The number of amides is 1. The van der Waals surface area contributed by atoms with E-state index in [4.69, 9.17) is 11.6 Å². The van der Waals surface area contributed by atoms with E-state index in [-0.39, 0.29) is 5.15 Å². The number of nitrogens with zero attached hydrogens (tertiary/aromatic N) is 2. The molecule has 0 aliphatic rings. The zero-order valence-corrected chi connectivity index (χ0v) is 7.09. The summed E-state index contributed by atoms with van der Waals surface area (Å²) >= 11 is 5.67. The van der Waals surface area contributed by atoms with Crippen LogP contribution in [0.15, 0.2) is 6.20 Å². The first-order valence-corrected chi connectivity index (χ1v) is 3.56. The number of aromatic nitrogens is 2. The minimum Gasteiger partial charge on any atom is -0.280 e. The molecule has 0 radical (unpaired) electrons. The zero-order valence-electron chi connectivity index (χ0n) is 6.34. The number of nitrogens with one attached hydrogen (secondary N) is 2. The highest BCUT2D eigenvalue weighted by Crippen LogP contribution is 2.14. The smallest absolute Gasteiger partial charge is 0.225 e. The first-order chi connectivity index (χ1) is 5.74. The third-order valence-electron chi connectivity index (χ3n) is 1.10. The predicted molar refractivity (Wildman–Crippen MR) is 44.6 cm³/mol. The number of rotatable bonds is 3. The van der Waals surface area contributed by atoms with Gasteiger partial charge in [0.2, 0.25) is 6.41 Å². The van der Waals surface area contributed by atoms with Crippen LogP contribution >= 0.6 is 11.6 Å². The van der Waals surface area contributed by atoms with Gasteiger partial charge in [0, 0.05) is 0 Å². The van der Waals surface area contributed by atoms with E-state index in [0.717, 1.165) is 5.69 Å². The standard InChI is InChI=1S/C6H7ClN4O/c1-4-2-8-6(5(7)10-4)11-9-3-12/h2-3H,1H3,(H,8,11)(H,9,12). The van der Waals surface area contributed by atoms with Crippen LogP contribution < -0.4 is 10.9 Å². The lowest BCUT2D eigenvalue weighted by Crippen LogP contribution is -2.20. The summed E-state index contributed by atoms with van der Waals surface area (Å²) in [6.07, 6.45) is 2.03. The lowest BCUT2D eigenvalue weighted by atomic mass is 10.5. The summed E-state index contributed by atoms with van der Waals surface area (Å²) in [7, 11) is 0. The topological polar surface area (TPSA) is 66.9 Å². The minimum absolute atomic E-state index is 0.226. The third kappa shape index (κ3) is 2.06. The second-order valence-electron chi connectivity index (χ2n) is 2.04. The predicted octanol–water partition coefficient (Wildman–Crippen LogP) is 0.511. The van der Waals surface area contributed by atoms with Gasteiger partial charge < -0.3 is 0 Å². The third-order valence-corrected chi connectivity index (χ3v) is 1.36. The van der Waals surface area contributed by atoms with Crippen LogP contribution in [-0.2, 0) is 4.79 Å². The van der Waals surface area contributed by atoms with E-state index in [2.05, 4.69) is 20.8 Å². The number of carbonyl (C=O) groups excluding carboxylic acids is 1. The fourth-order valence-electron chi connectivity index (χ4n) is 0.630. The molecular formula is C6H7ClN4O. The Hall–Kier alpha value is -1.36. The molecule has 0 atom stereocenters. The number of carbonyl (C=O) groups is 1. The average Bonchev–Trinajstić information content (AvgIpc) is 2.03. The van der Waals surface area contributed by atoms with Crippen LogP contribution in [0.1, 0.15) is 5.69 Å². The van der Waals surface area contributed by atoms with Gasteiger partial charge in [-0.2, -0.15) is 0 Å². The van der Waals surface area contributed by atoms with Crippen molar-refractivity contribution in [3.63, 3.8) is 0 Å². The maximum Gasteiger partial charge on any atom is 0.225 e. The summed E-state index contributed by atoms with van der Waals surface area (Å²) in [6.45, 7) is 1.77. The van der Waals surface area contributed by atoms with Gasteiger partial charge in [0.05, 0.1) is 11.9 Å². The first-order valence-electron chi connectivity index (χ1n) is 3.18. The molecule has 0 saturated carbocycles. The van der Waals surface area contributed by atoms with E-state index >= 15 is 0 Å². The van der Waals surface area contributed by atoms with Gasteiger partial charge in [0.25, 0.3) is 0 Å². The Bertz CT molecular complexity index is 291. The van der Waals surface area contributed by atoms with Gasteiger partial charge in [0.1, 0.15) is 0 Å². The van der Waals surface area contributed by atoms with E-state index in [1.54, 1.807) is 13.1 Å². The molecular weight excluding hydrogens is 180 g/mol. The molecule has 2 N–H and O–H groups in total. The molecule has 0 aliphatic heterocycles. The van der Waals surface area contributed by atoms with E-state index in [0.29, 0.717) is 12.2 Å². The molecule has 0 saturated heterocycles. The number of halogens is 1. The number of anilines is 1. The fourth-order valence-corrected chi connectivity index (χ4v) is 0.859. The van der Waals surface area contributed by atoms with Gasteiger partial charge in [-0.1, -0.05) is 11.6 Å². The highest BCUT2D eigenvalue weighted by Gasteiger charge is 2.00. The highest BCUT2D eigenvalue weighted by atomic mass is 35.5. The summed E-state index contributed by atoms with van der Waals surface area (Å²) < 4.78 is 0. The lowest BCUT2D eigenvalue weighted by molar-refractivity contribution is -0.109. The van der Waals surface area contributed by atoms with Gasteiger partial charge in [-0.15, -0.1) is 0 Å². The van der Waals surface area contributed by atoms with Gasteiger partial charge in [-0.25, -0.2) is 9.97 Å². The van der Waals surface area contributed by atoms with Crippen LogP contribution in [-0.4, -0.2) is 16.4 Å². The summed E-state index contributed by atoms with van der Waals surface area (Å²) in [4.78, 5) is 17.7. The lowest BCUT2D eigenvalue weighted by Gasteiger charge is -2.03. The number of hydrazine groups is 1. The Morgan fingerprint density at radius 3 is 3.00 bits per heavy atom. The first kappa shape index (κ1) is 8.73. The van der Waals surface area contributed by atoms with Crippen molar-refractivity contribution in [3.05, 3.63) is 17.0 Å². The molecule has 6 heteroatoms. The maximum atomic E-state index is 9.89. The Balaban J connectivity index is 2.78. The Morgan fingerprint density at radius 1 is 1.67 bits per heavy atom. The van der Waals surface area contributed by atoms with Crippen molar-refractivity contribution >= 4 is 23.8 Å². The van der Waals surface area contributed by atoms with Gasteiger partial charge >= 0.3 is 0 Å². The van der Waals surface area contributed by atoms with Crippen molar-refractivity contribution in [1.29, 1.82) is 0 Å². The van der Waals surface area contributed by atoms with Crippen LogP contribution in [0.5, 0.6) is 0 Å². The molecule has 1 aromatic rings. The number of hydrogen-bond acceptors (Lipinski definition) is 4. The Kier molecular flexibility index (Phi) is 2.82. The summed E-state index contributed by atoms with van der Waals surface area (Å²) in [5.41, 5.74) is 5.39. The molecule has 1 heterocycles. The van der Waals surface area contributed by atoms with Crippen molar-refractivity contribution in [2.45, 2.75) is 6.92 Å². The molecule has 0 spiro atoms. The number of aryl methyl sites for hydroxylation is 1. The maximum absolute atomic E-state index is 9.89. The number of hydrogen-bond donors (Lipinski definition) is 2. The highest BCUT2D eigenvalue weighted by molar-refractivity contribution is 6.31. The average molecular weight is 187 g/mol. The van der Waals surface area contributed by atoms with Gasteiger partial charge in [-0.05, 0) is 6.92 Å². The zero-order chi connectivity index (χ0) is 8.97. The van der Waals surface area contributed by atoms with Crippen LogP contribution in [0.25, 0.3) is 0 Å². The van der Waals surface area contributed by atoms with E-state index in [1.807, 2.05) is 0 Å². The van der Waals surface area contributed by atoms with Crippen molar-refractivity contribution in [2.75, 3.05) is 5.43 Å². The second-order valence-corrected chi connectivity index (χ2v) is 2.40. The molecule has 5 nitrogen and oxygen atoms in total. The van der Waals surface area contributed by atoms with Crippen molar-refractivity contribution in [3.8, 4) is 0 Å². The Labute approximate surface area is 74.1 Å². The molecule has 1 amide bonds. The van der Waals surface area contributed by atoms with E-state index < -0.39 is 0 Å². The van der Waals surface area contributed by atoms with Gasteiger partial charge in [-0.3, -0.25) is 15.6 Å². The normalized spacial score (nSPS) is 9.17. The van der Waals surface area contributed by atoms with Crippen LogP contribution in [0.2, 0.25) is 5.15 Å². The molecule has 0 aliphatic carbocycles. The monoisotopic (exact) mass is 186 g/mol. The molecule has 0 unspecified atom stereocenters. The van der Waals surface area contributed by atoms with E-state index in [1.165, 1.54) is 0 Å². The quantitative estimate of drug-likeness (QED) is 0.533. The van der Waals surface area contributed by atoms with Crippen molar-refractivity contribution in [1.82, 2.24) is 15.4 Å². The molecule has 1 rings (SSSR count). The van der Waals surface area contributed by atoms with Gasteiger partial charge in [0.15, 0.2) is 11.0 Å². The van der Waals surface area contributed by atoms with E-state index in [9.17, 15) is 4.79 Å². The summed E-state index contributed by atoms with van der Waals surface area (Å²) in [5.74, 6) is 0.328. The SMILES string of the molecule is Cc1cnc(NNC=O)c(Cl)n1. The fraction of sp³-hybridized carbons (Fsp3) is 0.167. The van der Waals surface area contributed by atoms with Crippen LogP contribution in [0.3, 0.4) is 0 Å². The summed E-state index contributed by atoms with van der Waals surface area (Å²) in [5, 5.41) is 0.226. The molecule has 0 aromatic carbocycles. The van der Waals surface area contributed by atoms with Crippen molar-refractivity contribution in [2.24, 2.45) is 0 Å². The van der Waals surface area contributed by atoms with Crippen LogP contribution in [0, 0.1) is 6.92 Å². The minimum atomic E-state index is 0.226.